The van der Waals surface area contributed by atoms with E-state index in [4.69, 9.17) is 10.2 Å². The molecule has 1 heterocycles. The van der Waals surface area contributed by atoms with Gasteiger partial charge in [-0.15, -0.1) is 0 Å². The number of carbonyl (C=O) groups excluding carboxylic acids is 1. The quantitative estimate of drug-likeness (QED) is 0.553. The van der Waals surface area contributed by atoms with Gasteiger partial charge >= 0.3 is 12.1 Å². The van der Waals surface area contributed by atoms with Crippen molar-refractivity contribution in [1.29, 1.82) is 0 Å². The van der Waals surface area contributed by atoms with Crippen LogP contribution in [0, 0.1) is 0 Å². The van der Waals surface area contributed by atoms with Crippen LogP contribution in [0.4, 0.5) is 4.79 Å². The van der Waals surface area contributed by atoms with E-state index in [9.17, 15) is 14.4 Å². The first-order chi connectivity index (χ1) is 6.56. The molecule has 0 radical (unpaired) electrons. The summed E-state index contributed by atoms with van der Waals surface area (Å²) in [5.74, 6) is -1.19. The monoisotopic (exact) mass is 202 g/mol. The molecule has 7 heteroatoms. The molecule has 2 amide bonds. The van der Waals surface area contributed by atoms with Crippen molar-refractivity contribution in [3.05, 3.63) is 0 Å². The zero-order valence-corrected chi connectivity index (χ0v) is 7.29. The topological polar surface area (TPSA) is 98.2 Å². The summed E-state index contributed by atoms with van der Waals surface area (Å²) in [5, 5.41) is 17.3. The second-order valence-corrected chi connectivity index (χ2v) is 2.93. The lowest BCUT2D eigenvalue weighted by atomic mass is 10.2. The first kappa shape index (κ1) is 10.3. The molecular weight excluding hydrogens is 192 g/mol. The number of rotatable bonds is 2. The van der Waals surface area contributed by atoms with Crippen LogP contribution in [0.15, 0.2) is 0 Å². The van der Waals surface area contributed by atoms with Crippen LogP contribution >= 0.6 is 0 Å². The van der Waals surface area contributed by atoms with Gasteiger partial charge in [0.25, 0.3) is 0 Å². The Morgan fingerprint density at radius 3 is 2.36 bits per heavy atom. The Hall–Kier alpha value is -1.79. The van der Waals surface area contributed by atoms with Gasteiger partial charge in [0.05, 0.1) is 6.54 Å². The highest BCUT2D eigenvalue weighted by Crippen LogP contribution is 2.08. The highest BCUT2D eigenvalue weighted by Gasteiger charge is 2.33. The molecule has 1 aliphatic heterocycles. The van der Waals surface area contributed by atoms with E-state index in [2.05, 4.69) is 0 Å². The molecule has 1 atom stereocenters. The second kappa shape index (κ2) is 3.95. The van der Waals surface area contributed by atoms with Crippen LogP contribution in [0.1, 0.15) is 0 Å². The lowest BCUT2D eigenvalue weighted by molar-refractivity contribution is -0.148. The molecule has 2 N–H and O–H groups in total. The highest BCUT2D eigenvalue weighted by atomic mass is 16.4. The molecule has 0 aliphatic carbocycles. The fraction of sp³-hybridized carbons (Fsp3) is 0.571. The molecule has 0 aromatic rings. The maximum absolute atomic E-state index is 10.7. The van der Waals surface area contributed by atoms with Gasteiger partial charge in [0, 0.05) is 13.1 Å². The van der Waals surface area contributed by atoms with Crippen molar-refractivity contribution in [3.63, 3.8) is 0 Å². The number of carboxylic acids is 1. The molecule has 1 unspecified atom stereocenters. The average Bonchev–Trinajstić information content (AvgIpc) is 2.16. The molecule has 0 saturated carbocycles. The Balaban J connectivity index is 2.71. The largest absolute Gasteiger partial charge is 0.480 e. The first-order valence-electron chi connectivity index (χ1n) is 3.98. The van der Waals surface area contributed by atoms with Gasteiger partial charge in [-0.1, -0.05) is 0 Å². The molecule has 0 aromatic heterocycles. The molecule has 1 rings (SSSR count). The molecule has 1 saturated heterocycles. The minimum absolute atomic E-state index is 0.118. The van der Waals surface area contributed by atoms with Crippen LogP contribution < -0.4 is 0 Å². The smallest absolute Gasteiger partial charge is 0.407 e. The summed E-state index contributed by atoms with van der Waals surface area (Å²) >= 11 is 0. The van der Waals surface area contributed by atoms with E-state index in [1.807, 2.05) is 0 Å². The number of carbonyl (C=O) groups is 3. The van der Waals surface area contributed by atoms with Gasteiger partial charge in [-0.2, -0.15) is 0 Å². The summed E-state index contributed by atoms with van der Waals surface area (Å²) in [6.45, 7) is 0.0913. The number of aliphatic carboxylic acids is 1. The van der Waals surface area contributed by atoms with Crippen molar-refractivity contribution in [2.24, 2.45) is 0 Å². The summed E-state index contributed by atoms with van der Waals surface area (Å²) in [6.07, 6.45) is -0.736. The van der Waals surface area contributed by atoms with E-state index in [1.54, 1.807) is 0 Å². The number of amides is 2. The SMILES string of the molecule is O=CN1CCN(C(=O)O)CC1C(=O)O. The maximum atomic E-state index is 10.7. The number of carboxylic acid groups (broad SMARTS) is 2. The molecule has 1 aliphatic rings. The van der Waals surface area contributed by atoms with Crippen LogP contribution in [0.2, 0.25) is 0 Å². The predicted molar refractivity (Wildman–Crippen MR) is 43.8 cm³/mol. The zero-order chi connectivity index (χ0) is 10.7. The standard InChI is InChI=1S/C7H10N2O5/c10-4-9-2-1-8(7(13)14)3-5(9)6(11)12/h4-5H,1-3H2,(H,11,12)(H,13,14). The van der Waals surface area contributed by atoms with Gasteiger partial charge in [-0.3, -0.25) is 4.79 Å². The van der Waals surface area contributed by atoms with Crippen LogP contribution in [0.3, 0.4) is 0 Å². The molecule has 1 fully saturated rings. The summed E-state index contributed by atoms with van der Waals surface area (Å²) < 4.78 is 0. The molecule has 0 spiro atoms. The average molecular weight is 202 g/mol. The normalized spacial score (nSPS) is 21.9. The number of hydrogen-bond acceptors (Lipinski definition) is 3. The van der Waals surface area contributed by atoms with Crippen LogP contribution in [0.25, 0.3) is 0 Å². The van der Waals surface area contributed by atoms with E-state index in [0.29, 0.717) is 6.41 Å². The van der Waals surface area contributed by atoms with Crippen LogP contribution in [-0.2, 0) is 9.59 Å². The summed E-state index contributed by atoms with van der Waals surface area (Å²) in [4.78, 5) is 33.7. The molecule has 7 nitrogen and oxygen atoms in total. The molecule has 78 valence electrons. The van der Waals surface area contributed by atoms with E-state index in [1.165, 1.54) is 0 Å². The number of nitrogens with zero attached hydrogens (tertiary/aromatic N) is 2. The van der Waals surface area contributed by atoms with Gasteiger partial charge in [0.2, 0.25) is 6.41 Å². The van der Waals surface area contributed by atoms with Gasteiger partial charge in [-0.25, -0.2) is 9.59 Å². The van der Waals surface area contributed by atoms with E-state index < -0.39 is 18.1 Å². The minimum atomic E-state index is -1.19. The summed E-state index contributed by atoms with van der Waals surface area (Å²) in [5.41, 5.74) is 0. The maximum Gasteiger partial charge on any atom is 0.407 e. The lowest BCUT2D eigenvalue weighted by Crippen LogP contribution is -2.56. The first-order valence-corrected chi connectivity index (χ1v) is 3.98. The molecule has 0 bridgehead atoms. The fourth-order valence-corrected chi connectivity index (χ4v) is 1.32. The van der Waals surface area contributed by atoms with Gasteiger partial charge in [-0.05, 0) is 0 Å². The van der Waals surface area contributed by atoms with E-state index in [0.717, 1.165) is 9.80 Å². The molecule has 0 aromatic carbocycles. The molecular formula is C7H10N2O5. The zero-order valence-electron chi connectivity index (χ0n) is 7.29. The van der Waals surface area contributed by atoms with Crippen LogP contribution in [-0.4, -0.2) is 64.2 Å². The van der Waals surface area contributed by atoms with Crippen molar-refractivity contribution < 1.29 is 24.6 Å². The number of piperazine rings is 1. The van der Waals surface area contributed by atoms with Crippen molar-refractivity contribution in [3.8, 4) is 0 Å². The fourth-order valence-electron chi connectivity index (χ4n) is 1.32. The number of hydrogen-bond donors (Lipinski definition) is 2. The summed E-state index contributed by atoms with van der Waals surface area (Å²) in [6, 6.07) is -1.07. The minimum Gasteiger partial charge on any atom is -0.480 e. The lowest BCUT2D eigenvalue weighted by Gasteiger charge is -2.35. The van der Waals surface area contributed by atoms with Gasteiger partial charge in [0.15, 0.2) is 0 Å². The van der Waals surface area contributed by atoms with Crippen molar-refractivity contribution in [1.82, 2.24) is 9.80 Å². The van der Waals surface area contributed by atoms with Crippen LogP contribution in [0.5, 0.6) is 0 Å². The summed E-state index contributed by atoms with van der Waals surface area (Å²) in [7, 11) is 0. The van der Waals surface area contributed by atoms with Crippen molar-refractivity contribution in [2.75, 3.05) is 19.6 Å². The van der Waals surface area contributed by atoms with E-state index >= 15 is 0 Å². The Labute approximate surface area is 79.5 Å². The Morgan fingerprint density at radius 2 is 1.93 bits per heavy atom. The van der Waals surface area contributed by atoms with Crippen molar-refractivity contribution >= 4 is 18.5 Å². The van der Waals surface area contributed by atoms with E-state index in [-0.39, 0.29) is 19.6 Å². The third-order valence-electron chi connectivity index (χ3n) is 2.11. The van der Waals surface area contributed by atoms with Crippen molar-refractivity contribution in [2.45, 2.75) is 6.04 Å². The second-order valence-electron chi connectivity index (χ2n) is 2.93. The highest BCUT2D eigenvalue weighted by molar-refractivity contribution is 5.78. The third-order valence-corrected chi connectivity index (χ3v) is 2.11. The Kier molecular flexibility index (Phi) is 2.90. The van der Waals surface area contributed by atoms with Gasteiger partial charge in [0.1, 0.15) is 6.04 Å². The predicted octanol–water partition coefficient (Wildman–Crippen LogP) is -1.11. The Morgan fingerprint density at radius 1 is 1.29 bits per heavy atom. The Bertz CT molecular complexity index is 267. The third kappa shape index (κ3) is 1.93. The van der Waals surface area contributed by atoms with Gasteiger partial charge < -0.3 is 20.0 Å². The molecule has 14 heavy (non-hydrogen) atoms.